The monoisotopic (exact) mass is 398 g/mol. The summed E-state index contributed by atoms with van der Waals surface area (Å²) in [4.78, 5) is 26.8. The Bertz CT molecular complexity index is 970. The van der Waals surface area contributed by atoms with Crippen molar-refractivity contribution in [1.82, 2.24) is 24.6 Å². The third-order valence-electron chi connectivity index (χ3n) is 5.15. The van der Waals surface area contributed by atoms with E-state index < -0.39 is 0 Å². The molecule has 0 atom stereocenters. The predicted molar refractivity (Wildman–Crippen MR) is 112 cm³/mol. The molecule has 8 heteroatoms. The molecular formula is C20H26N6OS. The molecule has 0 aliphatic carbocycles. The van der Waals surface area contributed by atoms with E-state index in [1.807, 2.05) is 27.2 Å². The lowest BCUT2D eigenvalue weighted by molar-refractivity contribution is 0.0748. The molecule has 4 rings (SSSR count). The molecule has 0 aromatic carbocycles. The molecule has 1 aliphatic heterocycles. The zero-order chi connectivity index (χ0) is 19.8. The number of amides is 1. The van der Waals surface area contributed by atoms with Crippen LogP contribution in [0.1, 0.15) is 55.7 Å². The Morgan fingerprint density at radius 1 is 1.14 bits per heavy atom. The molecule has 0 unspecified atom stereocenters. The van der Waals surface area contributed by atoms with Crippen LogP contribution in [0.15, 0.2) is 23.8 Å². The van der Waals surface area contributed by atoms with Crippen LogP contribution in [0.3, 0.4) is 0 Å². The van der Waals surface area contributed by atoms with Gasteiger partial charge in [0.1, 0.15) is 0 Å². The summed E-state index contributed by atoms with van der Waals surface area (Å²) in [5.41, 5.74) is 2.44. The van der Waals surface area contributed by atoms with Gasteiger partial charge in [-0.2, -0.15) is 5.10 Å². The third-order valence-corrected chi connectivity index (χ3v) is 5.99. The summed E-state index contributed by atoms with van der Waals surface area (Å²) in [6.07, 6.45) is 3.61. The van der Waals surface area contributed by atoms with Gasteiger partial charge in [0.15, 0.2) is 10.8 Å². The minimum Gasteiger partial charge on any atom is -0.345 e. The van der Waals surface area contributed by atoms with Gasteiger partial charge in [-0.3, -0.25) is 4.79 Å². The highest BCUT2D eigenvalue weighted by atomic mass is 32.1. The van der Waals surface area contributed by atoms with Crippen LogP contribution in [-0.4, -0.2) is 56.7 Å². The Labute approximate surface area is 169 Å². The van der Waals surface area contributed by atoms with Crippen LogP contribution in [0.5, 0.6) is 0 Å². The largest absolute Gasteiger partial charge is 0.345 e. The topological polar surface area (TPSA) is 67.2 Å². The maximum absolute atomic E-state index is 13.4. The lowest BCUT2D eigenvalue weighted by Crippen LogP contribution is -2.48. The molecule has 1 aliphatic rings. The van der Waals surface area contributed by atoms with E-state index in [2.05, 4.69) is 42.7 Å². The molecule has 7 nitrogen and oxygen atoms in total. The van der Waals surface area contributed by atoms with E-state index in [1.165, 1.54) is 0 Å². The molecule has 148 valence electrons. The fourth-order valence-corrected chi connectivity index (χ4v) is 4.23. The van der Waals surface area contributed by atoms with Crippen molar-refractivity contribution in [3.8, 4) is 0 Å². The quantitative estimate of drug-likeness (QED) is 0.672. The van der Waals surface area contributed by atoms with Crippen molar-refractivity contribution >= 4 is 33.4 Å². The van der Waals surface area contributed by atoms with Crippen molar-refractivity contribution in [3.05, 3.63) is 35.1 Å². The molecule has 0 saturated carbocycles. The van der Waals surface area contributed by atoms with E-state index in [4.69, 9.17) is 4.98 Å². The van der Waals surface area contributed by atoms with E-state index in [-0.39, 0.29) is 17.9 Å². The van der Waals surface area contributed by atoms with E-state index in [0.29, 0.717) is 18.7 Å². The van der Waals surface area contributed by atoms with E-state index >= 15 is 0 Å². The third kappa shape index (κ3) is 3.37. The second-order valence-corrected chi connectivity index (χ2v) is 8.64. The summed E-state index contributed by atoms with van der Waals surface area (Å²) in [7, 11) is 0. The van der Waals surface area contributed by atoms with Gasteiger partial charge < -0.3 is 9.80 Å². The second kappa shape index (κ2) is 7.50. The highest BCUT2D eigenvalue weighted by Gasteiger charge is 2.26. The first-order chi connectivity index (χ1) is 13.5. The van der Waals surface area contributed by atoms with Crippen LogP contribution in [0.25, 0.3) is 11.0 Å². The molecule has 3 aromatic heterocycles. The van der Waals surface area contributed by atoms with E-state index in [0.717, 1.165) is 34.9 Å². The zero-order valence-corrected chi connectivity index (χ0v) is 17.6. The lowest BCUT2D eigenvalue weighted by atomic mass is 10.0. The standard InChI is InChI=1S/C20H26N6OS/c1-13(2)17-11-15(16-12-22-26(14(3)4)18(16)23-17)19(27)24-6-8-25(9-7-24)20-21-5-10-28-20/h5,10-14H,6-9H2,1-4H3. The Kier molecular flexibility index (Phi) is 5.05. The molecule has 0 radical (unpaired) electrons. The van der Waals surface area contributed by atoms with Crippen LogP contribution in [0.2, 0.25) is 0 Å². The number of thiazole rings is 1. The number of pyridine rings is 1. The maximum Gasteiger partial charge on any atom is 0.254 e. The fourth-order valence-electron chi connectivity index (χ4n) is 3.53. The summed E-state index contributed by atoms with van der Waals surface area (Å²) in [5, 5.41) is 8.35. The van der Waals surface area contributed by atoms with E-state index in [1.54, 1.807) is 17.5 Å². The van der Waals surface area contributed by atoms with Gasteiger partial charge in [-0.15, -0.1) is 11.3 Å². The SMILES string of the molecule is CC(C)c1cc(C(=O)N2CCN(c3nccs3)CC2)c2cnn(C(C)C)c2n1. The molecule has 4 heterocycles. The summed E-state index contributed by atoms with van der Waals surface area (Å²) in [6.45, 7) is 11.3. The van der Waals surface area contributed by atoms with Crippen molar-refractivity contribution < 1.29 is 4.79 Å². The van der Waals surface area contributed by atoms with E-state index in [9.17, 15) is 4.79 Å². The Morgan fingerprint density at radius 2 is 1.89 bits per heavy atom. The highest BCUT2D eigenvalue weighted by molar-refractivity contribution is 7.13. The number of aromatic nitrogens is 4. The van der Waals surface area contributed by atoms with Crippen LogP contribution in [0.4, 0.5) is 5.13 Å². The smallest absolute Gasteiger partial charge is 0.254 e. The van der Waals surface area contributed by atoms with Crippen molar-refractivity contribution in [2.75, 3.05) is 31.1 Å². The van der Waals surface area contributed by atoms with Crippen LogP contribution < -0.4 is 4.90 Å². The van der Waals surface area contributed by atoms with Gasteiger partial charge in [-0.1, -0.05) is 13.8 Å². The zero-order valence-electron chi connectivity index (χ0n) is 16.8. The number of nitrogens with zero attached hydrogens (tertiary/aromatic N) is 6. The van der Waals surface area contributed by atoms with Crippen LogP contribution >= 0.6 is 11.3 Å². The molecule has 3 aromatic rings. The Balaban J connectivity index is 1.64. The number of hydrogen-bond acceptors (Lipinski definition) is 6. The molecule has 28 heavy (non-hydrogen) atoms. The average molecular weight is 399 g/mol. The molecule has 0 spiro atoms. The first kappa shape index (κ1) is 18.9. The molecule has 0 N–H and O–H groups in total. The van der Waals surface area contributed by atoms with Crippen LogP contribution in [-0.2, 0) is 0 Å². The summed E-state index contributed by atoms with van der Waals surface area (Å²) in [6, 6.07) is 2.15. The number of hydrogen-bond donors (Lipinski definition) is 0. The first-order valence-corrected chi connectivity index (χ1v) is 10.7. The maximum atomic E-state index is 13.4. The molecule has 1 fully saturated rings. The highest BCUT2D eigenvalue weighted by Crippen LogP contribution is 2.26. The summed E-state index contributed by atoms with van der Waals surface area (Å²) in [5.74, 6) is 0.310. The lowest BCUT2D eigenvalue weighted by Gasteiger charge is -2.34. The van der Waals surface area contributed by atoms with Gasteiger partial charge in [0.25, 0.3) is 5.91 Å². The van der Waals surface area contributed by atoms with Gasteiger partial charge in [0, 0.05) is 49.5 Å². The van der Waals surface area contributed by atoms with Crippen molar-refractivity contribution in [1.29, 1.82) is 0 Å². The first-order valence-electron chi connectivity index (χ1n) is 9.77. The molecule has 1 saturated heterocycles. The molecular weight excluding hydrogens is 372 g/mol. The number of anilines is 1. The Hall–Kier alpha value is -2.48. The number of carbonyl (C=O) groups is 1. The van der Waals surface area contributed by atoms with Gasteiger partial charge in [0.2, 0.25) is 0 Å². The van der Waals surface area contributed by atoms with Gasteiger partial charge in [0.05, 0.1) is 17.1 Å². The minimum absolute atomic E-state index is 0.0661. The summed E-state index contributed by atoms with van der Waals surface area (Å²) < 4.78 is 1.90. The Morgan fingerprint density at radius 3 is 2.50 bits per heavy atom. The normalized spacial score (nSPS) is 15.2. The van der Waals surface area contributed by atoms with Gasteiger partial charge >= 0.3 is 0 Å². The average Bonchev–Trinajstić information content (AvgIpc) is 3.36. The molecule has 0 bridgehead atoms. The van der Waals surface area contributed by atoms with Gasteiger partial charge in [-0.05, 0) is 25.8 Å². The number of fused-ring (bicyclic) bond motifs is 1. The van der Waals surface area contributed by atoms with Crippen molar-refractivity contribution in [2.24, 2.45) is 0 Å². The second-order valence-electron chi connectivity index (χ2n) is 7.76. The predicted octanol–water partition coefficient (Wildman–Crippen LogP) is 3.55. The van der Waals surface area contributed by atoms with Crippen molar-refractivity contribution in [3.63, 3.8) is 0 Å². The van der Waals surface area contributed by atoms with Crippen LogP contribution in [0, 0.1) is 0 Å². The minimum atomic E-state index is 0.0661. The summed E-state index contributed by atoms with van der Waals surface area (Å²) >= 11 is 1.64. The van der Waals surface area contributed by atoms with Gasteiger partial charge in [-0.25, -0.2) is 14.6 Å². The fraction of sp³-hybridized carbons (Fsp3) is 0.500. The number of piperazine rings is 1. The number of rotatable bonds is 4. The molecule has 1 amide bonds. The van der Waals surface area contributed by atoms with Crippen molar-refractivity contribution in [2.45, 2.75) is 39.7 Å². The number of carbonyl (C=O) groups excluding carboxylic acids is 1.